The average Bonchev–Trinajstić information content (AvgIpc) is 2.78. The molecule has 5 nitrogen and oxygen atoms in total. The Morgan fingerprint density at radius 3 is 2.56 bits per heavy atom. The molecule has 1 aromatic heterocycles. The van der Waals surface area contributed by atoms with Crippen molar-refractivity contribution in [2.75, 3.05) is 0 Å². The first kappa shape index (κ1) is 12.0. The van der Waals surface area contributed by atoms with Gasteiger partial charge in [-0.05, 0) is 19.1 Å². The molecule has 5 heteroatoms. The fourth-order valence-electron chi connectivity index (χ4n) is 1.76. The van der Waals surface area contributed by atoms with Crippen molar-refractivity contribution in [3.63, 3.8) is 0 Å². The second-order valence-corrected chi connectivity index (χ2v) is 3.93. The Balaban J connectivity index is 2.53. The molecule has 0 saturated carbocycles. The van der Waals surface area contributed by atoms with E-state index in [4.69, 9.17) is 4.42 Å². The van der Waals surface area contributed by atoms with Gasteiger partial charge in [0, 0.05) is 24.1 Å². The molecule has 0 aliphatic carbocycles. The maximum atomic E-state index is 11.1. The molecule has 0 atom stereocenters. The molecular weight excluding hydrogens is 234 g/mol. The van der Waals surface area contributed by atoms with Gasteiger partial charge < -0.3 is 4.42 Å². The number of furan rings is 1. The van der Waals surface area contributed by atoms with E-state index in [0.717, 1.165) is 0 Å². The highest BCUT2D eigenvalue weighted by Crippen LogP contribution is 2.30. The van der Waals surface area contributed by atoms with Gasteiger partial charge in [0.25, 0.3) is 5.69 Å². The molecular formula is C13H11NO4. The predicted molar refractivity (Wildman–Crippen MR) is 65.5 cm³/mol. The molecule has 0 spiro atoms. The maximum absolute atomic E-state index is 11.1. The summed E-state index contributed by atoms with van der Waals surface area (Å²) >= 11 is 0. The zero-order valence-corrected chi connectivity index (χ0v) is 9.97. The van der Waals surface area contributed by atoms with Gasteiger partial charge in [-0.15, -0.1) is 0 Å². The van der Waals surface area contributed by atoms with E-state index in [2.05, 4.69) is 0 Å². The lowest BCUT2D eigenvalue weighted by atomic mass is 10.1. The van der Waals surface area contributed by atoms with E-state index in [9.17, 15) is 14.9 Å². The number of hydrogen-bond acceptors (Lipinski definition) is 4. The van der Waals surface area contributed by atoms with E-state index in [1.807, 2.05) is 0 Å². The number of nitro benzene ring substituents is 1. The molecule has 1 aromatic carbocycles. The Labute approximate surface area is 103 Å². The van der Waals surface area contributed by atoms with Crippen LogP contribution in [-0.4, -0.2) is 10.7 Å². The number of hydrogen-bond donors (Lipinski definition) is 0. The third-order valence-electron chi connectivity index (χ3n) is 2.72. The van der Waals surface area contributed by atoms with Crippen LogP contribution in [0.2, 0.25) is 0 Å². The standard InChI is InChI=1S/C13H11NO4/c1-8-10(4-3-5-11(8)14(16)17)13-7-6-12(18-13)9(2)15/h3-7H,1-2H3. The molecule has 0 aliphatic heterocycles. The molecule has 0 amide bonds. The van der Waals surface area contributed by atoms with E-state index in [1.54, 1.807) is 31.2 Å². The number of benzene rings is 1. The van der Waals surface area contributed by atoms with Gasteiger partial charge in [0.15, 0.2) is 11.5 Å². The van der Waals surface area contributed by atoms with Crippen molar-refractivity contribution in [3.8, 4) is 11.3 Å². The van der Waals surface area contributed by atoms with Crippen LogP contribution in [0.15, 0.2) is 34.7 Å². The fraction of sp³-hybridized carbons (Fsp3) is 0.154. The van der Waals surface area contributed by atoms with Gasteiger partial charge in [0.2, 0.25) is 0 Å². The number of nitro groups is 1. The second kappa shape index (κ2) is 4.44. The molecule has 0 unspecified atom stereocenters. The Bertz CT molecular complexity index is 628. The minimum absolute atomic E-state index is 0.0354. The van der Waals surface area contributed by atoms with Crippen molar-refractivity contribution in [2.45, 2.75) is 13.8 Å². The van der Waals surface area contributed by atoms with Crippen LogP contribution >= 0.6 is 0 Å². The number of Topliss-reactive ketones (excluding diaryl/α,β-unsaturated/α-hetero) is 1. The SMILES string of the molecule is CC(=O)c1ccc(-c2cccc([N+](=O)[O-])c2C)o1. The van der Waals surface area contributed by atoms with Crippen molar-refractivity contribution in [1.29, 1.82) is 0 Å². The second-order valence-electron chi connectivity index (χ2n) is 3.93. The lowest BCUT2D eigenvalue weighted by Gasteiger charge is -2.03. The lowest BCUT2D eigenvalue weighted by Crippen LogP contribution is -1.93. The van der Waals surface area contributed by atoms with Crippen LogP contribution in [0.25, 0.3) is 11.3 Å². The quantitative estimate of drug-likeness (QED) is 0.472. The van der Waals surface area contributed by atoms with Crippen molar-refractivity contribution < 1.29 is 14.1 Å². The number of rotatable bonds is 3. The van der Waals surface area contributed by atoms with Crippen LogP contribution in [0.3, 0.4) is 0 Å². The average molecular weight is 245 g/mol. The Hall–Kier alpha value is -2.43. The molecule has 0 radical (unpaired) electrons. The lowest BCUT2D eigenvalue weighted by molar-refractivity contribution is -0.385. The molecule has 2 rings (SSSR count). The van der Waals surface area contributed by atoms with Crippen LogP contribution in [0, 0.1) is 17.0 Å². The molecule has 92 valence electrons. The van der Waals surface area contributed by atoms with Crippen LogP contribution < -0.4 is 0 Å². The van der Waals surface area contributed by atoms with E-state index >= 15 is 0 Å². The van der Waals surface area contributed by atoms with Gasteiger partial charge in [-0.25, -0.2) is 0 Å². The zero-order chi connectivity index (χ0) is 13.3. The van der Waals surface area contributed by atoms with Gasteiger partial charge in [0.05, 0.1) is 4.92 Å². The number of nitrogens with zero attached hydrogens (tertiary/aromatic N) is 1. The first-order chi connectivity index (χ1) is 8.50. The largest absolute Gasteiger partial charge is 0.453 e. The highest BCUT2D eigenvalue weighted by molar-refractivity contribution is 5.91. The first-order valence-corrected chi connectivity index (χ1v) is 5.36. The number of carbonyl (C=O) groups is 1. The van der Waals surface area contributed by atoms with Crippen molar-refractivity contribution >= 4 is 11.5 Å². The molecule has 18 heavy (non-hydrogen) atoms. The summed E-state index contributed by atoms with van der Waals surface area (Å²) in [6, 6.07) is 7.97. The summed E-state index contributed by atoms with van der Waals surface area (Å²) in [7, 11) is 0. The highest BCUT2D eigenvalue weighted by Gasteiger charge is 2.17. The fourth-order valence-corrected chi connectivity index (χ4v) is 1.76. The minimum Gasteiger partial charge on any atom is -0.453 e. The molecule has 0 saturated heterocycles. The topological polar surface area (TPSA) is 73.3 Å². The Kier molecular flexibility index (Phi) is 2.97. The minimum atomic E-state index is -0.437. The van der Waals surface area contributed by atoms with Gasteiger partial charge >= 0.3 is 0 Å². The Morgan fingerprint density at radius 2 is 2.00 bits per heavy atom. The van der Waals surface area contributed by atoms with Crippen LogP contribution in [0.4, 0.5) is 5.69 Å². The first-order valence-electron chi connectivity index (χ1n) is 5.36. The van der Waals surface area contributed by atoms with Gasteiger partial charge in [-0.2, -0.15) is 0 Å². The third kappa shape index (κ3) is 2.02. The molecule has 2 aromatic rings. The van der Waals surface area contributed by atoms with Crippen molar-refractivity contribution in [2.24, 2.45) is 0 Å². The summed E-state index contributed by atoms with van der Waals surface area (Å²) in [5, 5.41) is 10.8. The summed E-state index contributed by atoms with van der Waals surface area (Å²) in [4.78, 5) is 21.6. The van der Waals surface area contributed by atoms with Gasteiger partial charge in [0.1, 0.15) is 5.76 Å². The van der Waals surface area contributed by atoms with Crippen LogP contribution in [0.5, 0.6) is 0 Å². The van der Waals surface area contributed by atoms with E-state index in [0.29, 0.717) is 16.9 Å². The van der Waals surface area contributed by atoms with Crippen LogP contribution in [0.1, 0.15) is 23.0 Å². The van der Waals surface area contributed by atoms with Crippen molar-refractivity contribution in [3.05, 3.63) is 51.8 Å². The molecule has 0 aliphatic rings. The molecule has 0 fully saturated rings. The predicted octanol–water partition coefficient (Wildman–Crippen LogP) is 3.37. The molecule has 0 bridgehead atoms. The Morgan fingerprint density at radius 1 is 1.28 bits per heavy atom. The number of carbonyl (C=O) groups excluding carboxylic acids is 1. The zero-order valence-electron chi connectivity index (χ0n) is 9.97. The monoisotopic (exact) mass is 245 g/mol. The molecule has 0 N–H and O–H groups in total. The van der Waals surface area contributed by atoms with E-state index in [1.165, 1.54) is 13.0 Å². The number of ketones is 1. The summed E-state index contributed by atoms with van der Waals surface area (Å²) < 4.78 is 5.37. The molecule has 1 heterocycles. The normalized spacial score (nSPS) is 10.3. The summed E-state index contributed by atoms with van der Waals surface area (Å²) in [5.41, 5.74) is 1.18. The summed E-state index contributed by atoms with van der Waals surface area (Å²) in [5.74, 6) is 0.529. The summed E-state index contributed by atoms with van der Waals surface area (Å²) in [6.45, 7) is 3.06. The van der Waals surface area contributed by atoms with Crippen LogP contribution in [-0.2, 0) is 0 Å². The maximum Gasteiger partial charge on any atom is 0.273 e. The van der Waals surface area contributed by atoms with E-state index < -0.39 is 4.92 Å². The third-order valence-corrected chi connectivity index (χ3v) is 2.72. The van der Waals surface area contributed by atoms with E-state index in [-0.39, 0.29) is 17.2 Å². The van der Waals surface area contributed by atoms with Gasteiger partial charge in [-0.1, -0.05) is 12.1 Å². The highest BCUT2D eigenvalue weighted by atomic mass is 16.6. The smallest absolute Gasteiger partial charge is 0.273 e. The van der Waals surface area contributed by atoms with Crippen molar-refractivity contribution in [1.82, 2.24) is 0 Å². The summed E-state index contributed by atoms with van der Waals surface area (Å²) in [6.07, 6.45) is 0. The van der Waals surface area contributed by atoms with Gasteiger partial charge in [-0.3, -0.25) is 14.9 Å².